The van der Waals surface area contributed by atoms with Gasteiger partial charge in [-0.3, -0.25) is 4.79 Å². The van der Waals surface area contributed by atoms with Gasteiger partial charge in [-0.25, -0.2) is 4.98 Å². The molecule has 18 heavy (non-hydrogen) atoms. The van der Waals surface area contributed by atoms with Gasteiger partial charge >= 0.3 is 0 Å². The van der Waals surface area contributed by atoms with Crippen LogP contribution in [-0.4, -0.2) is 15.5 Å². The van der Waals surface area contributed by atoms with E-state index in [1.807, 2.05) is 35.0 Å². The number of benzene rings is 1. The molecule has 92 valence electrons. The first-order valence-corrected chi connectivity index (χ1v) is 6.23. The lowest BCUT2D eigenvalue weighted by Gasteiger charge is -2.24. The minimum absolute atomic E-state index is 0.133. The number of aromatic nitrogens is 2. The van der Waals surface area contributed by atoms with Crippen LogP contribution in [-0.2, 0) is 4.79 Å². The molecule has 3 rings (SSSR count). The van der Waals surface area contributed by atoms with E-state index in [-0.39, 0.29) is 11.8 Å². The van der Waals surface area contributed by atoms with Gasteiger partial charge in [0.2, 0.25) is 5.91 Å². The highest BCUT2D eigenvalue weighted by Gasteiger charge is 2.25. The Morgan fingerprint density at radius 2 is 2.17 bits per heavy atom. The fraction of sp³-hybridized carbons (Fsp3) is 0.286. The van der Waals surface area contributed by atoms with Crippen LogP contribution in [0, 0.1) is 5.92 Å². The number of anilines is 1. The summed E-state index contributed by atoms with van der Waals surface area (Å²) in [7, 11) is 0. The molecule has 0 unspecified atom stereocenters. The van der Waals surface area contributed by atoms with Crippen molar-refractivity contribution in [2.75, 3.05) is 5.32 Å². The molecule has 0 saturated heterocycles. The minimum atomic E-state index is 0.133. The van der Waals surface area contributed by atoms with Crippen molar-refractivity contribution in [2.24, 2.45) is 5.92 Å². The fourth-order valence-electron chi connectivity index (χ4n) is 2.11. The zero-order valence-electron chi connectivity index (χ0n) is 10.0. The molecule has 0 spiro atoms. The SMILES string of the molecule is O=C(Nc1ccccc1-n1ccnc1)C1CCC1. The highest BCUT2D eigenvalue weighted by Crippen LogP contribution is 2.28. The standard InChI is InChI=1S/C14H15N3O/c18-14(11-4-3-5-11)16-12-6-1-2-7-13(12)17-9-8-15-10-17/h1-2,6-11H,3-5H2,(H,16,18). The molecule has 4 heteroatoms. The Bertz CT molecular complexity index is 544. The van der Waals surface area contributed by atoms with E-state index >= 15 is 0 Å². The fourth-order valence-corrected chi connectivity index (χ4v) is 2.11. The van der Waals surface area contributed by atoms with E-state index < -0.39 is 0 Å². The lowest BCUT2D eigenvalue weighted by Crippen LogP contribution is -2.28. The summed E-state index contributed by atoms with van der Waals surface area (Å²) in [4.78, 5) is 16.0. The molecule has 0 atom stereocenters. The second kappa shape index (κ2) is 4.64. The van der Waals surface area contributed by atoms with Crippen molar-refractivity contribution in [1.82, 2.24) is 9.55 Å². The molecular formula is C14H15N3O. The predicted octanol–water partition coefficient (Wildman–Crippen LogP) is 2.61. The smallest absolute Gasteiger partial charge is 0.227 e. The molecule has 1 amide bonds. The van der Waals surface area contributed by atoms with Crippen LogP contribution >= 0.6 is 0 Å². The number of rotatable bonds is 3. The van der Waals surface area contributed by atoms with Crippen molar-refractivity contribution >= 4 is 11.6 Å². The molecule has 1 N–H and O–H groups in total. The Kier molecular flexibility index (Phi) is 2.84. The van der Waals surface area contributed by atoms with Crippen LogP contribution in [0.5, 0.6) is 0 Å². The van der Waals surface area contributed by atoms with Crippen LogP contribution in [0.25, 0.3) is 5.69 Å². The van der Waals surface area contributed by atoms with E-state index in [0.717, 1.165) is 24.2 Å². The van der Waals surface area contributed by atoms with Gasteiger partial charge in [0.25, 0.3) is 0 Å². The van der Waals surface area contributed by atoms with E-state index in [1.165, 1.54) is 6.42 Å². The third-order valence-electron chi connectivity index (χ3n) is 3.42. The molecular weight excluding hydrogens is 226 g/mol. The minimum Gasteiger partial charge on any atom is -0.324 e. The molecule has 2 aromatic rings. The van der Waals surface area contributed by atoms with Crippen LogP contribution < -0.4 is 5.32 Å². The van der Waals surface area contributed by atoms with E-state index in [0.29, 0.717) is 0 Å². The summed E-state index contributed by atoms with van der Waals surface area (Å²) in [5.41, 5.74) is 1.79. The summed E-state index contributed by atoms with van der Waals surface area (Å²) >= 11 is 0. The molecule has 1 saturated carbocycles. The van der Waals surface area contributed by atoms with Gasteiger partial charge in [-0.2, -0.15) is 0 Å². The molecule has 1 aromatic heterocycles. The van der Waals surface area contributed by atoms with Gasteiger partial charge in [-0.05, 0) is 25.0 Å². The van der Waals surface area contributed by atoms with Crippen molar-refractivity contribution in [2.45, 2.75) is 19.3 Å². The highest BCUT2D eigenvalue weighted by molar-refractivity contribution is 5.94. The molecule has 1 heterocycles. The van der Waals surface area contributed by atoms with E-state index in [1.54, 1.807) is 12.5 Å². The van der Waals surface area contributed by atoms with Gasteiger partial charge in [0.1, 0.15) is 0 Å². The van der Waals surface area contributed by atoms with E-state index in [4.69, 9.17) is 0 Å². The van der Waals surface area contributed by atoms with Crippen LogP contribution in [0.3, 0.4) is 0 Å². The van der Waals surface area contributed by atoms with Gasteiger partial charge in [-0.1, -0.05) is 18.6 Å². The largest absolute Gasteiger partial charge is 0.324 e. The Labute approximate surface area is 106 Å². The Morgan fingerprint density at radius 3 is 2.83 bits per heavy atom. The zero-order valence-corrected chi connectivity index (χ0v) is 10.0. The maximum absolute atomic E-state index is 12.0. The number of nitrogens with zero attached hydrogens (tertiary/aromatic N) is 2. The second-order valence-corrected chi connectivity index (χ2v) is 4.60. The average molecular weight is 241 g/mol. The lowest BCUT2D eigenvalue weighted by atomic mass is 9.85. The van der Waals surface area contributed by atoms with Crippen LogP contribution in [0.15, 0.2) is 43.0 Å². The number of amides is 1. The molecule has 1 fully saturated rings. The number of nitrogens with one attached hydrogen (secondary N) is 1. The molecule has 4 nitrogen and oxygen atoms in total. The first-order valence-electron chi connectivity index (χ1n) is 6.23. The van der Waals surface area contributed by atoms with Gasteiger partial charge in [0, 0.05) is 18.3 Å². The lowest BCUT2D eigenvalue weighted by molar-refractivity contribution is -0.122. The number of hydrogen-bond acceptors (Lipinski definition) is 2. The highest BCUT2D eigenvalue weighted by atomic mass is 16.1. The Balaban J connectivity index is 1.85. The van der Waals surface area contributed by atoms with Crippen molar-refractivity contribution in [1.29, 1.82) is 0 Å². The quantitative estimate of drug-likeness (QED) is 0.897. The summed E-state index contributed by atoms with van der Waals surface area (Å²) in [6.45, 7) is 0. The number of para-hydroxylation sites is 2. The van der Waals surface area contributed by atoms with E-state index in [2.05, 4.69) is 10.3 Å². The van der Waals surface area contributed by atoms with Crippen LogP contribution in [0.1, 0.15) is 19.3 Å². The first kappa shape index (κ1) is 11.0. The van der Waals surface area contributed by atoms with Gasteiger partial charge in [0.05, 0.1) is 17.7 Å². The molecule has 0 bridgehead atoms. The van der Waals surface area contributed by atoms with Crippen molar-refractivity contribution < 1.29 is 4.79 Å². The van der Waals surface area contributed by atoms with Crippen molar-refractivity contribution in [3.05, 3.63) is 43.0 Å². The third-order valence-corrected chi connectivity index (χ3v) is 3.42. The topological polar surface area (TPSA) is 46.9 Å². The molecule has 1 aromatic carbocycles. The van der Waals surface area contributed by atoms with Crippen LogP contribution in [0.2, 0.25) is 0 Å². The maximum atomic E-state index is 12.0. The zero-order chi connectivity index (χ0) is 12.4. The Morgan fingerprint density at radius 1 is 1.33 bits per heavy atom. The van der Waals surface area contributed by atoms with Gasteiger partial charge in [0.15, 0.2) is 0 Å². The number of carbonyl (C=O) groups excluding carboxylic acids is 1. The monoisotopic (exact) mass is 241 g/mol. The predicted molar refractivity (Wildman–Crippen MR) is 69.5 cm³/mol. The number of hydrogen-bond donors (Lipinski definition) is 1. The van der Waals surface area contributed by atoms with Gasteiger partial charge < -0.3 is 9.88 Å². The first-order chi connectivity index (χ1) is 8.84. The summed E-state index contributed by atoms with van der Waals surface area (Å²) in [5.74, 6) is 0.328. The molecule has 0 aliphatic heterocycles. The normalized spacial score (nSPS) is 15.1. The third kappa shape index (κ3) is 2.01. The van der Waals surface area contributed by atoms with Gasteiger partial charge in [-0.15, -0.1) is 0 Å². The summed E-state index contributed by atoms with van der Waals surface area (Å²) in [6.07, 6.45) is 8.52. The molecule has 0 radical (unpaired) electrons. The van der Waals surface area contributed by atoms with E-state index in [9.17, 15) is 4.79 Å². The number of imidazole rings is 1. The summed E-state index contributed by atoms with van der Waals surface area (Å²) < 4.78 is 1.90. The summed E-state index contributed by atoms with van der Waals surface area (Å²) in [5, 5.41) is 3.01. The number of carbonyl (C=O) groups is 1. The molecule has 1 aliphatic rings. The van der Waals surface area contributed by atoms with Crippen molar-refractivity contribution in [3.8, 4) is 5.69 Å². The molecule has 1 aliphatic carbocycles. The maximum Gasteiger partial charge on any atom is 0.227 e. The Hall–Kier alpha value is -2.10. The summed E-state index contributed by atoms with van der Waals surface area (Å²) in [6, 6.07) is 7.77. The average Bonchev–Trinajstić information content (AvgIpc) is 2.80. The van der Waals surface area contributed by atoms with Crippen LogP contribution in [0.4, 0.5) is 5.69 Å². The van der Waals surface area contributed by atoms with Crippen molar-refractivity contribution in [3.63, 3.8) is 0 Å². The second-order valence-electron chi connectivity index (χ2n) is 4.60.